The Morgan fingerprint density at radius 1 is 1.06 bits per heavy atom. The number of aliphatic carboxylic acids is 1. The highest BCUT2D eigenvalue weighted by molar-refractivity contribution is 7.91. The SMILES string of the molecule is Cc1cc(OCC(=O)O)cc(C2CC2)c1Oc1ccc(O)c(S(=O)(=O)c2ccc(F)cc2)c1. The lowest BCUT2D eigenvalue weighted by Gasteiger charge is -2.17. The van der Waals surface area contributed by atoms with E-state index in [9.17, 15) is 22.7 Å². The predicted molar refractivity (Wildman–Crippen MR) is 116 cm³/mol. The number of benzene rings is 3. The third-order valence-electron chi connectivity index (χ3n) is 5.22. The zero-order valence-electron chi connectivity index (χ0n) is 17.6. The average molecular weight is 472 g/mol. The molecule has 2 N–H and O–H groups in total. The van der Waals surface area contributed by atoms with Crippen molar-refractivity contribution in [2.45, 2.75) is 35.5 Å². The van der Waals surface area contributed by atoms with Crippen LogP contribution >= 0.6 is 0 Å². The number of carboxylic acids is 1. The molecule has 0 heterocycles. The first kappa shape index (κ1) is 22.6. The van der Waals surface area contributed by atoms with Crippen LogP contribution in [0.25, 0.3) is 0 Å². The molecule has 0 radical (unpaired) electrons. The number of ether oxygens (including phenoxy) is 2. The van der Waals surface area contributed by atoms with Gasteiger partial charge in [-0.05, 0) is 79.8 Å². The van der Waals surface area contributed by atoms with Crippen molar-refractivity contribution in [3.05, 3.63) is 71.5 Å². The molecule has 0 atom stereocenters. The molecule has 1 aliphatic carbocycles. The van der Waals surface area contributed by atoms with Crippen LogP contribution in [0, 0.1) is 12.7 Å². The second kappa shape index (κ2) is 8.74. The van der Waals surface area contributed by atoms with E-state index in [0.29, 0.717) is 17.1 Å². The maximum absolute atomic E-state index is 13.2. The van der Waals surface area contributed by atoms with Crippen LogP contribution in [-0.4, -0.2) is 31.2 Å². The van der Waals surface area contributed by atoms with Crippen molar-refractivity contribution in [2.75, 3.05) is 6.61 Å². The summed E-state index contributed by atoms with van der Waals surface area (Å²) in [6, 6.07) is 11.6. The maximum Gasteiger partial charge on any atom is 0.341 e. The number of hydrogen-bond donors (Lipinski definition) is 2. The molecule has 0 spiro atoms. The molecule has 0 aliphatic heterocycles. The lowest BCUT2D eigenvalue weighted by Crippen LogP contribution is -2.10. The zero-order chi connectivity index (χ0) is 23.8. The first-order valence-corrected chi connectivity index (χ1v) is 11.6. The van der Waals surface area contributed by atoms with Gasteiger partial charge in [0.05, 0.1) is 4.90 Å². The van der Waals surface area contributed by atoms with Gasteiger partial charge in [0.2, 0.25) is 9.84 Å². The van der Waals surface area contributed by atoms with Crippen LogP contribution in [0.15, 0.2) is 64.4 Å². The summed E-state index contributed by atoms with van der Waals surface area (Å²) in [6.07, 6.45) is 1.88. The van der Waals surface area contributed by atoms with Gasteiger partial charge in [0.25, 0.3) is 0 Å². The molecule has 0 saturated heterocycles. The van der Waals surface area contributed by atoms with Crippen LogP contribution < -0.4 is 9.47 Å². The molecule has 3 aromatic carbocycles. The zero-order valence-corrected chi connectivity index (χ0v) is 18.4. The number of carbonyl (C=O) groups is 1. The van der Waals surface area contributed by atoms with Crippen molar-refractivity contribution in [2.24, 2.45) is 0 Å². The molecule has 172 valence electrons. The lowest BCUT2D eigenvalue weighted by atomic mass is 10.0. The van der Waals surface area contributed by atoms with E-state index in [2.05, 4.69) is 0 Å². The fourth-order valence-electron chi connectivity index (χ4n) is 3.46. The molecule has 1 saturated carbocycles. The number of carboxylic acid groups (broad SMARTS) is 1. The Labute approximate surface area is 189 Å². The number of aryl methyl sites for hydroxylation is 1. The van der Waals surface area contributed by atoms with Gasteiger partial charge in [-0.1, -0.05) is 0 Å². The van der Waals surface area contributed by atoms with Gasteiger partial charge >= 0.3 is 5.97 Å². The van der Waals surface area contributed by atoms with Crippen molar-refractivity contribution in [1.29, 1.82) is 0 Å². The summed E-state index contributed by atoms with van der Waals surface area (Å²) in [6.45, 7) is 1.32. The molecule has 0 bridgehead atoms. The van der Waals surface area contributed by atoms with Crippen LogP contribution in [0.4, 0.5) is 4.39 Å². The van der Waals surface area contributed by atoms with E-state index >= 15 is 0 Å². The molecule has 0 unspecified atom stereocenters. The van der Waals surface area contributed by atoms with E-state index < -0.39 is 34.0 Å². The second-order valence-electron chi connectivity index (χ2n) is 7.80. The Morgan fingerprint density at radius 2 is 1.76 bits per heavy atom. The molecular formula is C24H21FO7S. The monoisotopic (exact) mass is 472 g/mol. The third kappa shape index (κ3) is 4.93. The maximum atomic E-state index is 13.2. The minimum absolute atomic E-state index is 0.161. The minimum atomic E-state index is -4.12. The Balaban J connectivity index is 1.69. The van der Waals surface area contributed by atoms with Crippen LogP contribution in [-0.2, 0) is 14.6 Å². The fraction of sp³-hybridized carbons (Fsp3) is 0.208. The number of sulfone groups is 1. The van der Waals surface area contributed by atoms with Gasteiger partial charge in [-0.2, -0.15) is 0 Å². The highest BCUT2D eigenvalue weighted by Gasteiger charge is 2.29. The third-order valence-corrected chi connectivity index (χ3v) is 7.02. The van der Waals surface area contributed by atoms with Gasteiger partial charge in [0.15, 0.2) is 6.61 Å². The summed E-state index contributed by atoms with van der Waals surface area (Å²) in [7, 11) is -4.12. The summed E-state index contributed by atoms with van der Waals surface area (Å²) in [5.41, 5.74) is 1.53. The van der Waals surface area contributed by atoms with Crippen molar-refractivity contribution in [3.63, 3.8) is 0 Å². The van der Waals surface area contributed by atoms with E-state index in [1.165, 1.54) is 18.2 Å². The van der Waals surface area contributed by atoms with Crippen molar-refractivity contribution < 1.29 is 37.3 Å². The summed E-state index contributed by atoms with van der Waals surface area (Å²) in [5, 5.41) is 19.1. The predicted octanol–water partition coefficient (Wildman–Crippen LogP) is 4.81. The van der Waals surface area contributed by atoms with Gasteiger partial charge in [0, 0.05) is 11.6 Å². The Kier molecular flexibility index (Phi) is 5.99. The molecule has 4 rings (SSSR count). The number of aromatic hydroxyl groups is 1. The first-order chi connectivity index (χ1) is 15.6. The summed E-state index contributed by atoms with van der Waals surface area (Å²) in [5.74, 6) is -0.757. The Hall–Kier alpha value is -3.59. The fourth-order valence-corrected chi connectivity index (χ4v) is 4.83. The highest BCUT2D eigenvalue weighted by atomic mass is 32.2. The first-order valence-electron chi connectivity index (χ1n) is 10.2. The second-order valence-corrected chi connectivity index (χ2v) is 9.72. The van der Waals surface area contributed by atoms with E-state index in [0.717, 1.165) is 42.7 Å². The molecule has 3 aromatic rings. The molecule has 33 heavy (non-hydrogen) atoms. The van der Waals surface area contributed by atoms with Crippen LogP contribution in [0.3, 0.4) is 0 Å². The van der Waals surface area contributed by atoms with Gasteiger partial charge in [-0.15, -0.1) is 0 Å². The van der Waals surface area contributed by atoms with Crippen molar-refractivity contribution in [3.8, 4) is 23.0 Å². The van der Waals surface area contributed by atoms with Crippen molar-refractivity contribution >= 4 is 15.8 Å². The lowest BCUT2D eigenvalue weighted by molar-refractivity contribution is -0.139. The standard InChI is InChI=1S/C24H21FO7S/c1-14-10-18(31-13-23(27)28)11-20(15-2-3-15)24(14)32-17-6-9-21(26)22(12-17)33(29,30)19-7-4-16(25)5-8-19/h4-12,15,26H,2-3,13H2,1H3,(H,27,28). The van der Waals surface area contributed by atoms with Gasteiger partial charge < -0.3 is 19.7 Å². The molecule has 0 aromatic heterocycles. The molecule has 9 heteroatoms. The molecule has 1 fully saturated rings. The number of phenolic OH excluding ortho intramolecular Hbond substituents is 1. The number of halogens is 1. The topological polar surface area (TPSA) is 110 Å². The van der Waals surface area contributed by atoms with E-state index in [4.69, 9.17) is 14.6 Å². The van der Waals surface area contributed by atoms with Crippen molar-refractivity contribution in [1.82, 2.24) is 0 Å². The number of hydrogen-bond acceptors (Lipinski definition) is 6. The summed E-state index contributed by atoms with van der Waals surface area (Å²) in [4.78, 5) is 10.3. The number of phenols is 1. The average Bonchev–Trinajstić information content (AvgIpc) is 3.60. The Bertz CT molecular complexity index is 1310. The Morgan fingerprint density at radius 3 is 2.39 bits per heavy atom. The van der Waals surface area contributed by atoms with Crippen LogP contribution in [0.1, 0.15) is 29.9 Å². The van der Waals surface area contributed by atoms with E-state index in [1.54, 1.807) is 19.1 Å². The summed E-state index contributed by atoms with van der Waals surface area (Å²) >= 11 is 0. The minimum Gasteiger partial charge on any atom is -0.507 e. The highest BCUT2D eigenvalue weighted by Crippen LogP contribution is 2.48. The number of rotatable bonds is 8. The quantitative estimate of drug-likeness (QED) is 0.453. The van der Waals surface area contributed by atoms with Gasteiger partial charge in [-0.3, -0.25) is 0 Å². The van der Waals surface area contributed by atoms with Gasteiger partial charge in [-0.25, -0.2) is 17.6 Å². The van der Waals surface area contributed by atoms with E-state index in [-0.39, 0.29) is 21.5 Å². The van der Waals surface area contributed by atoms with Crippen LogP contribution in [0.2, 0.25) is 0 Å². The molecule has 7 nitrogen and oxygen atoms in total. The van der Waals surface area contributed by atoms with Crippen LogP contribution in [0.5, 0.6) is 23.0 Å². The van der Waals surface area contributed by atoms with Gasteiger partial charge in [0.1, 0.15) is 33.7 Å². The molecule has 1 aliphatic rings. The largest absolute Gasteiger partial charge is 0.507 e. The molecule has 0 amide bonds. The van der Waals surface area contributed by atoms with E-state index in [1.807, 2.05) is 0 Å². The molecular weight excluding hydrogens is 451 g/mol. The normalized spacial score (nSPS) is 13.5. The smallest absolute Gasteiger partial charge is 0.341 e. The summed E-state index contributed by atoms with van der Waals surface area (Å²) < 4.78 is 50.6.